The van der Waals surface area contributed by atoms with Crippen LogP contribution in [0, 0.1) is 164 Å². The molecule has 2 fully saturated rings. The van der Waals surface area contributed by atoms with Crippen molar-refractivity contribution < 1.29 is 27.0 Å². The van der Waals surface area contributed by atoms with Gasteiger partial charge >= 0.3 is 0 Å². The van der Waals surface area contributed by atoms with Gasteiger partial charge in [0.2, 0.25) is 22.8 Å². The van der Waals surface area contributed by atoms with Gasteiger partial charge in [-0.3, -0.25) is 9.97 Å². The SMILES string of the molecule is Cc1ccc2c(-c3c(C)c(C)cc(C)c3F)[n+](C)c(C)cc2c1.Cc1ccc2c(-c3cc(C)c(F)c(C)c3C)[n+](C)c(C)cc2c1.Cc1ccc2c(-c3cc4c(cc3C)CCC4)[n+](C)c(C)cc2c1.Cc1ccc2c(-c3ccc(-c4c(C)cccc4C)cc3C)[n+](C)c(C)cc2c1.Cc1ccc2c(-c3ccc4c(c3)C3CCC4C3)nc(C)cc2c1.Cc1ccc2c(-c3ccc4c(c3)C3CCC4CC3)nc(C)cc2c1. The van der Waals surface area contributed by atoms with Crippen LogP contribution in [0.15, 0.2) is 243 Å². The van der Waals surface area contributed by atoms with Crippen LogP contribution < -0.4 is 18.3 Å². The van der Waals surface area contributed by atoms with Crippen LogP contribution >= 0.6 is 0 Å². The zero-order valence-corrected chi connectivity index (χ0v) is 89.9. The lowest BCUT2D eigenvalue weighted by Crippen LogP contribution is -2.35. The summed E-state index contributed by atoms with van der Waals surface area (Å²) in [5, 5.41) is 15.1. The molecule has 4 bridgehead atoms. The number of nitrogens with zero attached hydrogens (tertiary/aromatic N) is 6. The summed E-state index contributed by atoms with van der Waals surface area (Å²) in [5.74, 6) is 3.01. The van der Waals surface area contributed by atoms with E-state index in [-0.39, 0.29) is 11.6 Å². The lowest BCUT2D eigenvalue weighted by molar-refractivity contribution is -0.665. The average Bonchev–Trinajstić information content (AvgIpc) is 1.69. The second-order valence-electron chi connectivity index (χ2n) is 43.5. The van der Waals surface area contributed by atoms with E-state index >= 15 is 4.39 Å². The van der Waals surface area contributed by atoms with Gasteiger partial charge in [0.15, 0.2) is 22.8 Å². The molecule has 0 spiro atoms. The Hall–Kier alpha value is -13.8. The highest BCUT2D eigenvalue weighted by Crippen LogP contribution is 2.55. The minimum Gasteiger partial charge on any atom is -0.252 e. The van der Waals surface area contributed by atoms with Crippen molar-refractivity contribution in [2.75, 3.05) is 0 Å². The Labute approximate surface area is 853 Å². The molecule has 144 heavy (non-hydrogen) atoms. The fraction of sp³-hybridized carbons (Fsp3) is 0.294. The lowest BCUT2D eigenvalue weighted by atomic mass is 9.67. The van der Waals surface area contributed by atoms with Crippen molar-refractivity contribution >= 4 is 64.6 Å². The number of benzene rings is 13. The normalized spacial score (nSPS) is 15.1. The van der Waals surface area contributed by atoms with Gasteiger partial charge in [0.05, 0.1) is 49.6 Å². The number of hydrogen-bond acceptors (Lipinski definition) is 2. The molecule has 0 radical (unpaired) electrons. The molecule has 6 aromatic heterocycles. The quantitative estimate of drug-likeness (QED) is 0.149. The van der Waals surface area contributed by atoms with E-state index < -0.39 is 0 Å². The van der Waals surface area contributed by atoms with E-state index in [0.717, 1.165) is 108 Å². The fourth-order valence-electron chi connectivity index (χ4n) is 24.7. The summed E-state index contributed by atoms with van der Waals surface area (Å²) in [5.41, 5.74) is 51.8. The summed E-state index contributed by atoms with van der Waals surface area (Å²) in [6.45, 7) is 46.1. The highest BCUT2D eigenvalue weighted by atomic mass is 19.1. The number of fused-ring (bicyclic) bond motifs is 14. The molecule has 13 aromatic carbocycles. The molecule has 2 atom stereocenters. The lowest BCUT2D eigenvalue weighted by Gasteiger charge is -2.38. The van der Waals surface area contributed by atoms with Gasteiger partial charge in [0.25, 0.3) is 0 Å². The Balaban J connectivity index is 0.000000109. The van der Waals surface area contributed by atoms with Crippen LogP contribution in [0.2, 0.25) is 0 Å². The maximum absolute atomic E-state index is 15.0. The molecule has 8 heteroatoms. The Bertz CT molecular complexity index is 8390. The topological polar surface area (TPSA) is 41.3 Å². The third-order valence-corrected chi connectivity index (χ3v) is 33.0. The van der Waals surface area contributed by atoms with Crippen LogP contribution in [-0.2, 0) is 41.0 Å². The predicted molar refractivity (Wildman–Crippen MR) is 601 cm³/mol. The number of rotatable bonds is 7. The van der Waals surface area contributed by atoms with E-state index in [2.05, 4.69) is 381 Å². The molecule has 6 aliphatic carbocycles. The van der Waals surface area contributed by atoms with Gasteiger partial charge in [0, 0.05) is 90.8 Å². The molecule has 0 N–H and O–H groups in total. The molecule has 6 heterocycles. The van der Waals surface area contributed by atoms with E-state index in [4.69, 9.17) is 9.97 Å². The van der Waals surface area contributed by atoms with Crippen LogP contribution in [-0.4, -0.2) is 9.97 Å². The zero-order valence-electron chi connectivity index (χ0n) is 89.9. The highest BCUT2D eigenvalue weighted by Gasteiger charge is 2.38. The van der Waals surface area contributed by atoms with Crippen molar-refractivity contribution in [1.29, 1.82) is 0 Å². The fourth-order valence-corrected chi connectivity index (χ4v) is 24.7. The van der Waals surface area contributed by atoms with Crippen molar-refractivity contribution in [2.45, 2.75) is 240 Å². The van der Waals surface area contributed by atoms with Gasteiger partial charge in [-0.2, -0.15) is 18.3 Å². The van der Waals surface area contributed by atoms with Crippen molar-refractivity contribution in [2.24, 2.45) is 28.2 Å². The highest BCUT2D eigenvalue weighted by molar-refractivity contribution is 6.01. The molecule has 6 aliphatic rings. The zero-order chi connectivity index (χ0) is 102. The van der Waals surface area contributed by atoms with Gasteiger partial charge in [0.1, 0.15) is 39.8 Å². The third-order valence-electron chi connectivity index (χ3n) is 33.0. The molecule has 2 unspecified atom stereocenters. The largest absolute Gasteiger partial charge is 0.252 e. The molecule has 0 saturated heterocycles. The van der Waals surface area contributed by atoms with Crippen molar-refractivity contribution in [3.05, 3.63) is 411 Å². The van der Waals surface area contributed by atoms with Crippen LogP contribution in [0.25, 0.3) is 143 Å². The average molecular weight is 1900 g/mol. The summed E-state index contributed by atoms with van der Waals surface area (Å²) in [6.07, 6.45) is 13.5. The van der Waals surface area contributed by atoms with E-state index in [0.29, 0.717) is 11.1 Å². The number of aromatic nitrogens is 6. The first-order chi connectivity index (χ1) is 68.9. The Kier molecular flexibility index (Phi) is 27.5. The monoisotopic (exact) mass is 1900 g/mol. The molecule has 0 aliphatic heterocycles. The summed E-state index contributed by atoms with van der Waals surface area (Å²) >= 11 is 0. The maximum atomic E-state index is 15.0. The number of halogens is 2. The third kappa shape index (κ3) is 19.0. The van der Waals surface area contributed by atoms with Gasteiger partial charge in [-0.15, -0.1) is 0 Å². The van der Waals surface area contributed by atoms with E-state index in [1.54, 1.807) is 33.4 Å². The molecule has 6 nitrogen and oxygen atoms in total. The van der Waals surface area contributed by atoms with Crippen LogP contribution in [0.5, 0.6) is 0 Å². The molecule has 0 amide bonds. The van der Waals surface area contributed by atoms with Crippen LogP contribution in [0.1, 0.15) is 232 Å². The molecule has 19 aromatic rings. The van der Waals surface area contributed by atoms with Crippen molar-refractivity contribution in [3.63, 3.8) is 0 Å². The van der Waals surface area contributed by atoms with Gasteiger partial charge in [-0.05, 0) is 412 Å². The van der Waals surface area contributed by atoms with Crippen molar-refractivity contribution in [1.82, 2.24) is 9.97 Å². The summed E-state index contributed by atoms with van der Waals surface area (Å²) in [7, 11) is 8.46. The van der Waals surface area contributed by atoms with Crippen molar-refractivity contribution in [3.8, 4) is 78.7 Å². The number of aryl methyl sites for hydroxylation is 21. The second kappa shape index (κ2) is 40.1. The standard InChI is InChI=1S/C27H28N.C23H23N.C22H21N.C22H24N.2C21H23FN/c1-17-10-12-25-23(14-17)16-21(5)28(6)27(25)24-13-11-22(15-20(24)4)26-18(2)8-7-9-19(26)3;1-14-3-9-21-19(11-14)12-15(2)24-23(21)18-8-10-20-16-4-6-17(7-5-16)22(20)13-18;1-13-3-7-20-18(9-13)10-14(2)23-22(20)17-6-8-19-15-4-5-16(11-15)21(19)12-17;1-14-8-9-20-19(10-14)12-16(3)23(4)22(20)21-13-18-7-5-6-17(18)11-15(21)2;1-12-7-8-18-17(9-12)11-14(3)23(6)21(18)19-10-13(2)20(22)16(5)15(19)4;1-12-7-8-18-17(9-12)11-15(4)23(6)21(18)19-16(5)13(2)10-14(3)20(19)22/h7-16H,1-6H3;3,8-13,16-17H,4-7H2,1-2H3;3,6-10,12,15-16H,4-5,11H2,1-2H3;8-13H,5-7H2,1-4H3;2*7-11H,1-6H3/q+1;;;3*+1. The first kappa shape index (κ1) is 98.9. The second-order valence-corrected chi connectivity index (χ2v) is 43.5. The molecular weight excluding hydrogens is 1760 g/mol. The molecule has 2 saturated carbocycles. The minimum atomic E-state index is -0.115. The first-order valence-electron chi connectivity index (χ1n) is 52.4. The van der Waals surface area contributed by atoms with Crippen LogP contribution in [0.3, 0.4) is 0 Å². The molecule has 25 rings (SSSR count). The summed E-state index contributed by atoms with van der Waals surface area (Å²) in [6, 6.07) is 89.7. The predicted octanol–water partition coefficient (Wildman–Crippen LogP) is 33.5. The molecular formula is C136H142F2N6+4. The van der Waals surface area contributed by atoms with E-state index in [1.807, 2.05) is 60.7 Å². The number of hydrogen-bond donors (Lipinski definition) is 0. The smallest absolute Gasteiger partial charge is 0.223 e. The van der Waals surface area contributed by atoms with Gasteiger partial charge in [-0.25, -0.2) is 8.78 Å². The molecule has 726 valence electrons. The first-order valence-corrected chi connectivity index (χ1v) is 52.4. The van der Waals surface area contributed by atoms with Crippen LogP contribution in [0.4, 0.5) is 8.78 Å². The Morgan fingerprint density at radius 2 is 0.611 bits per heavy atom. The van der Waals surface area contributed by atoms with E-state index in [9.17, 15) is 4.39 Å². The van der Waals surface area contributed by atoms with E-state index in [1.165, 1.54) is 236 Å². The van der Waals surface area contributed by atoms with Gasteiger partial charge < -0.3 is 0 Å². The van der Waals surface area contributed by atoms with Gasteiger partial charge in [-0.1, -0.05) is 185 Å². The minimum absolute atomic E-state index is 0.0956. The Morgan fingerprint density at radius 1 is 0.250 bits per heavy atom. The summed E-state index contributed by atoms with van der Waals surface area (Å²) < 4.78 is 38.2. The Morgan fingerprint density at radius 3 is 1.07 bits per heavy atom. The number of pyridine rings is 6. The maximum Gasteiger partial charge on any atom is 0.223 e. The summed E-state index contributed by atoms with van der Waals surface area (Å²) in [4.78, 5) is 9.80.